The molecule has 1 saturated heterocycles. The molecule has 6 heteroatoms. The lowest BCUT2D eigenvalue weighted by Gasteiger charge is -2.44. The van der Waals surface area contributed by atoms with Crippen molar-refractivity contribution in [2.24, 2.45) is 0 Å². The first-order chi connectivity index (χ1) is 8.61. The molecule has 5 nitrogen and oxygen atoms in total. The first kappa shape index (κ1) is 13.2. The van der Waals surface area contributed by atoms with Gasteiger partial charge in [0.1, 0.15) is 0 Å². The summed E-state index contributed by atoms with van der Waals surface area (Å²) in [5, 5.41) is 9.05. The van der Waals surface area contributed by atoms with Gasteiger partial charge in [-0.3, -0.25) is 4.90 Å². The van der Waals surface area contributed by atoms with Crippen LogP contribution < -0.4 is 4.90 Å². The van der Waals surface area contributed by atoms with Crippen LogP contribution in [0.3, 0.4) is 0 Å². The molecule has 1 N–H and O–H groups in total. The van der Waals surface area contributed by atoms with E-state index in [0.717, 1.165) is 13.1 Å². The van der Waals surface area contributed by atoms with E-state index in [-0.39, 0.29) is 6.61 Å². The lowest BCUT2D eigenvalue weighted by molar-refractivity contribution is 0.102. The smallest absolute Gasteiger partial charge is 0.225 e. The standard InChI is InChI=1S/C12H19FN4O/c1-9-7-16(8-10(2)17(9)3-4-18)12-14-5-11(13)6-15-12/h5-6,9-10,18H,3-4,7-8H2,1-2H3/t9-,10+. The Morgan fingerprint density at radius 2 is 1.83 bits per heavy atom. The van der Waals surface area contributed by atoms with Gasteiger partial charge in [-0.25, -0.2) is 14.4 Å². The highest BCUT2D eigenvalue weighted by molar-refractivity contribution is 5.30. The molecule has 0 amide bonds. The fraction of sp³-hybridized carbons (Fsp3) is 0.667. The van der Waals surface area contributed by atoms with Crippen LogP contribution in [0.4, 0.5) is 10.3 Å². The third-order valence-electron chi connectivity index (χ3n) is 3.35. The van der Waals surface area contributed by atoms with E-state index >= 15 is 0 Å². The molecule has 1 aromatic heterocycles. The summed E-state index contributed by atoms with van der Waals surface area (Å²) in [6.45, 7) is 6.65. The fourth-order valence-corrected chi connectivity index (χ4v) is 2.54. The normalized spacial score (nSPS) is 25.4. The van der Waals surface area contributed by atoms with Crippen LogP contribution in [-0.4, -0.2) is 58.3 Å². The Labute approximate surface area is 106 Å². The van der Waals surface area contributed by atoms with E-state index in [0.29, 0.717) is 24.6 Å². The van der Waals surface area contributed by atoms with Crippen molar-refractivity contribution in [3.63, 3.8) is 0 Å². The summed E-state index contributed by atoms with van der Waals surface area (Å²) in [7, 11) is 0. The summed E-state index contributed by atoms with van der Waals surface area (Å²) >= 11 is 0. The molecule has 0 unspecified atom stereocenters. The van der Waals surface area contributed by atoms with Gasteiger partial charge >= 0.3 is 0 Å². The van der Waals surface area contributed by atoms with Crippen molar-refractivity contribution in [1.29, 1.82) is 0 Å². The average molecular weight is 254 g/mol. The van der Waals surface area contributed by atoms with Gasteiger partial charge in [0.05, 0.1) is 19.0 Å². The van der Waals surface area contributed by atoms with Crippen LogP contribution in [0.2, 0.25) is 0 Å². The van der Waals surface area contributed by atoms with Crippen LogP contribution in [-0.2, 0) is 0 Å². The summed E-state index contributed by atoms with van der Waals surface area (Å²) in [5.41, 5.74) is 0. The second-order valence-electron chi connectivity index (χ2n) is 4.77. The minimum Gasteiger partial charge on any atom is -0.395 e. The van der Waals surface area contributed by atoms with Gasteiger partial charge in [-0.2, -0.15) is 0 Å². The molecule has 0 saturated carbocycles. The van der Waals surface area contributed by atoms with E-state index in [9.17, 15) is 4.39 Å². The number of aliphatic hydroxyl groups excluding tert-OH is 1. The van der Waals surface area contributed by atoms with E-state index in [1.165, 1.54) is 12.4 Å². The molecule has 1 fully saturated rings. The molecule has 100 valence electrons. The van der Waals surface area contributed by atoms with Crippen LogP contribution in [0.25, 0.3) is 0 Å². The van der Waals surface area contributed by atoms with E-state index < -0.39 is 5.82 Å². The van der Waals surface area contributed by atoms with Crippen molar-refractivity contribution >= 4 is 5.95 Å². The molecule has 0 bridgehead atoms. The van der Waals surface area contributed by atoms with E-state index in [1.54, 1.807) is 0 Å². The Morgan fingerprint density at radius 3 is 2.33 bits per heavy atom. The zero-order valence-electron chi connectivity index (χ0n) is 10.8. The summed E-state index contributed by atoms with van der Waals surface area (Å²) in [6.07, 6.45) is 2.38. The van der Waals surface area contributed by atoms with Gasteiger partial charge < -0.3 is 10.0 Å². The zero-order chi connectivity index (χ0) is 13.1. The Hall–Kier alpha value is -1.27. The number of hydrogen-bond acceptors (Lipinski definition) is 5. The molecule has 2 heterocycles. The molecule has 18 heavy (non-hydrogen) atoms. The lowest BCUT2D eigenvalue weighted by atomic mass is 10.1. The molecule has 0 spiro atoms. The Balaban J connectivity index is 2.07. The summed E-state index contributed by atoms with van der Waals surface area (Å²) in [4.78, 5) is 12.3. The Bertz CT molecular complexity index is 374. The second kappa shape index (κ2) is 5.58. The van der Waals surface area contributed by atoms with Crippen molar-refractivity contribution in [2.45, 2.75) is 25.9 Å². The van der Waals surface area contributed by atoms with Crippen molar-refractivity contribution < 1.29 is 9.50 Å². The van der Waals surface area contributed by atoms with Gasteiger partial charge in [0.2, 0.25) is 5.95 Å². The van der Waals surface area contributed by atoms with Gasteiger partial charge in [0.25, 0.3) is 0 Å². The molecule has 0 aromatic carbocycles. The SMILES string of the molecule is C[C@@H]1CN(c2ncc(F)cn2)C[C@H](C)N1CCO. The number of β-amino-alcohol motifs (C(OH)–C–C–N with tert-alkyl or cyclic N) is 1. The fourth-order valence-electron chi connectivity index (χ4n) is 2.54. The highest BCUT2D eigenvalue weighted by Crippen LogP contribution is 2.18. The number of nitrogens with zero attached hydrogens (tertiary/aromatic N) is 4. The number of anilines is 1. The number of aliphatic hydroxyl groups is 1. The van der Waals surface area contributed by atoms with Gasteiger partial charge in [0, 0.05) is 31.7 Å². The molecule has 2 rings (SSSR count). The predicted molar refractivity (Wildman–Crippen MR) is 66.9 cm³/mol. The molecular weight excluding hydrogens is 235 g/mol. The molecular formula is C12H19FN4O. The van der Waals surface area contributed by atoms with E-state index in [2.05, 4.69) is 33.6 Å². The Morgan fingerprint density at radius 1 is 1.28 bits per heavy atom. The van der Waals surface area contributed by atoms with Gasteiger partial charge in [-0.05, 0) is 13.8 Å². The number of piperazine rings is 1. The van der Waals surface area contributed by atoms with Crippen LogP contribution in [0.1, 0.15) is 13.8 Å². The molecule has 0 radical (unpaired) electrons. The van der Waals surface area contributed by atoms with E-state index in [1.807, 2.05) is 0 Å². The minimum absolute atomic E-state index is 0.168. The third-order valence-corrected chi connectivity index (χ3v) is 3.35. The second-order valence-corrected chi connectivity index (χ2v) is 4.77. The molecule has 0 aliphatic carbocycles. The average Bonchev–Trinajstić information content (AvgIpc) is 2.34. The number of aromatic nitrogens is 2. The largest absolute Gasteiger partial charge is 0.395 e. The maximum absolute atomic E-state index is 12.8. The van der Waals surface area contributed by atoms with Crippen LogP contribution in [0.5, 0.6) is 0 Å². The maximum Gasteiger partial charge on any atom is 0.225 e. The van der Waals surface area contributed by atoms with Crippen LogP contribution >= 0.6 is 0 Å². The van der Waals surface area contributed by atoms with Crippen LogP contribution in [0.15, 0.2) is 12.4 Å². The first-order valence-corrected chi connectivity index (χ1v) is 6.21. The molecule has 1 aliphatic heterocycles. The number of rotatable bonds is 3. The maximum atomic E-state index is 12.8. The van der Waals surface area contributed by atoms with Gasteiger partial charge in [-0.15, -0.1) is 0 Å². The topological polar surface area (TPSA) is 52.5 Å². The zero-order valence-corrected chi connectivity index (χ0v) is 10.8. The van der Waals surface area contributed by atoms with Crippen molar-refractivity contribution in [1.82, 2.24) is 14.9 Å². The predicted octanol–water partition coefficient (Wildman–Crippen LogP) is 0.507. The minimum atomic E-state index is -0.418. The summed E-state index contributed by atoms with van der Waals surface area (Å²) in [6, 6.07) is 0.629. The quantitative estimate of drug-likeness (QED) is 0.851. The number of hydrogen-bond donors (Lipinski definition) is 1. The Kier molecular flexibility index (Phi) is 4.08. The highest BCUT2D eigenvalue weighted by Gasteiger charge is 2.29. The third kappa shape index (κ3) is 2.76. The van der Waals surface area contributed by atoms with Crippen LogP contribution in [0, 0.1) is 5.82 Å². The highest BCUT2D eigenvalue weighted by atomic mass is 19.1. The summed E-state index contributed by atoms with van der Waals surface area (Å²) in [5.74, 6) is 0.150. The van der Waals surface area contributed by atoms with Gasteiger partial charge in [0.15, 0.2) is 5.82 Å². The van der Waals surface area contributed by atoms with Crippen molar-refractivity contribution in [2.75, 3.05) is 31.1 Å². The van der Waals surface area contributed by atoms with Crippen molar-refractivity contribution in [3.8, 4) is 0 Å². The number of halogens is 1. The lowest BCUT2D eigenvalue weighted by Crippen LogP contribution is -2.57. The molecule has 2 atom stereocenters. The van der Waals surface area contributed by atoms with Gasteiger partial charge in [-0.1, -0.05) is 0 Å². The molecule has 1 aromatic rings. The van der Waals surface area contributed by atoms with E-state index in [4.69, 9.17) is 5.11 Å². The monoisotopic (exact) mass is 254 g/mol. The molecule has 1 aliphatic rings. The van der Waals surface area contributed by atoms with Crippen molar-refractivity contribution in [3.05, 3.63) is 18.2 Å². The first-order valence-electron chi connectivity index (χ1n) is 6.21. The summed E-state index contributed by atoms with van der Waals surface area (Å²) < 4.78 is 12.8.